The highest BCUT2D eigenvalue weighted by Gasteiger charge is 2.12. The molecule has 2 heterocycles. The van der Waals surface area contributed by atoms with Crippen molar-refractivity contribution in [3.63, 3.8) is 0 Å². The van der Waals surface area contributed by atoms with Gasteiger partial charge in [0.15, 0.2) is 17.3 Å². The molecule has 0 saturated heterocycles. The molecule has 0 amide bonds. The molecule has 0 unspecified atom stereocenters. The molecule has 0 N–H and O–H groups in total. The predicted octanol–water partition coefficient (Wildman–Crippen LogP) is 4.33. The van der Waals surface area contributed by atoms with Crippen LogP contribution in [-0.2, 0) is 0 Å². The van der Waals surface area contributed by atoms with Crippen molar-refractivity contribution in [3.05, 3.63) is 69.0 Å². The largest absolute Gasteiger partial charge is 0.493 e. The van der Waals surface area contributed by atoms with Gasteiger partial charge in [-0.15, -0.1) is 5.10 Å². The number of thiazole rings is 1. The number of methoxy groups -OCH3 is 1. The topological polar surface area (TPSA) is 65.7 Å². The molecule has 0 radical (unpaired) electrons. The van der Waals surface area contributed by atoms with Gasteiger partial charge >= 0.3 is 0 Å². The first kappa shape index (κ1) is 21.1. The van der Waals surface area contributed by atoms with E-state index in [-0.39, 0.29) is 5.56 Å². The van der Waals surface area contributed by atoms with E-state index in [1.54, 1.807) is 7.11 Å². The number of unbranched alkanes of at least 4 members (excludes halogenated alkanes) is 3. The zero-order valence-electron chi connectivity index (χ0n) is 17.7. The summed E-state index contributed by atoms with van der Waals surface area (Å²) < 4.78 is 13.3. The van der Waals surface area contributed by atoms with E-state index in [0.717, 1.165) is 24.0 Å². The maximum atomic E-state index is 12.8. The maximum Gasteiger partial charge on any atom is 0.291 e. The number of nitrogens with zero attached hydrogens (tertiary/aromatic N) is 3. The number of ether oxygens (including phenoxy) is 2. The van der Waals surface area contributed by atoms with Gasteiger partial charge in [0, 0.05) is 5.56 Å². The molecule has 0 atom stereocenters. The summed E-state index contributed by atoms with van der Waals surface area (Å²) in [7, 11) is 1.62. The van der Waals surface area contributed by atoms with E-state index in [9.17, 15) is 4.79 Å². The second-order valence-electron chi connectivity index (χ2n) is 7.23. The molecule has 0 fully saturated rings. The van der Waals surface area contributed by atoms with Gasteiger partial charge < -0.3 is 9.47 Å². The molecule has 0 aliphatic carbocycles. The van der Waals surface area contributed by atoms with Gasteiger partial charge in [-0.25, -0.2) is 0 Å². The number of benzene rings is 2. The Morgan fingerprint density at radius 1 is 1.06 bits per heavy atom. The summed E-state index contributed by atoms with van der Waals surface area (Å²) in [5.74, 6) is 1.92. The fraction of sp³-hybridized carbons (Fsp3) is 0.292. The lowest BCUT2D eigenvalue weighted by molar-refractivity contribution is 0.285. The van der Waals surface area contributed by atoms with Gasteiger partial charge in [0.1, 0.15) is 0 Å². The van der Waals surface area contributed by atoms with Crippen LogP contribution in [0.25, 0.3) is 22.4 Å². The normalized spacial score (nSPS) is 11.9. The van der Waals surface area contributed by atoms with Crippen molar-refractivity contribution in [2.75, 3.05) is 13.7 Å². The van der Waals surface area contributed by atoms with Crippen LogP contribution in [0.15, 0.2) is 53.3 Å². The third-order valence-corrected chi connectivity index (χ3v) is 5.91. The fourth-order valence-electron chi connectivity index (χ4n) is 3.30. The van der Waals surface area contributed by atoms with Crippen molar-refractivity contribution in [1.82, 2.24) is 14.6 Å². The van der Waals surface area contributed by atoms with E-state index < -0.39 is 0 Å². The molecule has 4 rings (SSSR count). The highest BCUT2D eigenvalue weighted by molar-refractivity contribution is 7.15. The van der Waals surface area contributed by atoms with Crippen LogP contribution in [0, 0.1) is 0 Å². The molecular weight excluding hydrogens is 410 g/mol. The predicted molar refractivity (Wildman–Crippen MR) is 124 cm³/mol. The number of hydrogen-bond acceptors (Lipinski definition) is 6. The Labute approximate surface area is 184 Å². The van der Waals surface area contributed by atoms with Gasteiger partial charge in [-0.05, 0) is 30.2 Å². The van der Waals surface area contributed by atoms with Crippen LogP contribution in [0.2, 0.25) is 0 Å². The van der Waals surface area contributed by atoms with Crippen molar-refractivity contribution >= 4 is 22.4 Å². The molecule has 0 aliphatic rings. The van der Waals surface area contributed by atoms with Crippen LogP contribution in [0.3, 0.4) is 0 Å². The van der Waals surface area contributed by atoms with Gasteiger partial charge in [-0.2, -0.15) is 9.50 Å². The Morgan fingerprint density at radius 3 is 2.65 bits per heavy atom. The number of aromatic nitrogens is 3. The van der Waals surface area contributed by atoms with Crippen LogP contribution < -0.4 is 19.6 Å². The Morgan fingerprint density at radius 2 is 1.90 bits per heavy atom. The Hall–Kier alpha value is -3.19. The van der Waals surface area contributed by atoms with Crippen molar-refractivity contribution in [2.45, 2.75) is 32.6 Å². The van der Waals surface area contributed by atoms with Gasteiger partial charge in [0.2, 0.25) is 4.96 Å². The molecule has 0 spiro atoms. The SMILES string of the molecule is CCCCCCOc1ccc(C=c2sc3nc(-c4ccccc4)nn3c2=O)cc1OC. The zero-order valence-corrected chi connectivity index (χ0v) is 18.5. The molecule has 0 saturated carbocycles. The van der Waals surface area contributed by atoms with Crippen molar-refractivity contribution in [2.24, 2.45) is 0 Å². The van der Waals surface area contributed by atoms with E-state index in [1.165, 1.54) is 28.7 Å². The lowest BCUT2D eigenvalue weighted by Gasteiger charge is -2.11. The summed E-state index contributed by atoms with van der Waals surface area (Å²) in [6.45, 7) is 2.86. The Bertz CT molecular complexity index is 1260. The van der Waals surface area contributed by atoms with Crippen LogP contribution in [0.4, 0.5) is 0 Å². The summed E-state index contributed by atoms with van der Waals surface area (Å²) in [5, 5.41) is 4.39. The molecule has 0 bridgehead atoms. The van der Waals surface area contributed by atoms with Gasteiger partial charge in [0.05, 0.1) is 18.2 Å². The summed E-state index contributed by atoms with van der Waals surface area (Å²) >= 11 is 1.32. The zero-order chi connectivity index (χ0) is 21.6. The van der Waals surface area contributed by atoms with Crippen molar-refractivity contribution in [1.29, 1.82) is 0 Å². The molecule has 6 nitrogen and oxygen atoms in total. The molecule has 31 heavy (non-hydrogen) atoms. The van der Waals surface area contributed by atoms with E-state index >= 15 is 0 Å². The fourth-order valence-corrected chi connectivity index (χ4v) is 4.21. The van der Waals surface area contributed by atoms with Gasteiger partial charge in [0.25, 0.3) is 5.56 Å². The first-order valence-corrected chi connectivity index (χ1v) is 11.3. The van der Waals surface area contributed by atoms with Gasteiger partial charge in [-0.3, -0.25) is 4.79 Å². The molecule has 2 aromatic heterocycles. The lowest BCUT2D eigenvalue weighted by Crippen LogP contribution is -2.23. The second-order valence-corrected chi connectivity index (χ2v) is 8.24. The molecule has 7 heteroatoms. The van der Waals surface area contributed by atoms with E-state index in [2.05, 4.69) is 17.0 Å². The molecule has 0 aliphatic heterocycles. The van der Waals surface area contributed by atoms with E-state index in [1.807, 2.05) is 54.6 Å². The standard InChI is InChI=1S/C24H25N3O3S/c1-3-4-5-9-14-30-19-13-12-17(15-20(19)29-2)16-21-23(28)27-24(31-21)25-22(26-27)18-10-7-6-8-11-18/h6-8,10-13,15-16H,3-5,9,14H2,1-2H3. The quantitative estimate of drug-likeness (QED) is 0.366. The smallest absolute Gasteiger partial charge is 0.291 e. The summed E-state index contributed by atoms with van der Waals surface area (Å²) in [6, 6.07) is 15.3. The lowest BCUT2D eigenvalue weighted by atomic mass is 10.2. The average molecular weight is 436 g/mol. The average Bonchev–Trinajstić information content (AvgIpc) is 3.34. The Kier molecular flexibility index (Phi) is 6.62. The van der Waals surface area contributed by atoms with Crippen molar-refractivity contribution in [3.8, 4) is 22.9 Å². The van der Waals surface area contributed by atoms with E-state index in [4.69, 9.17) is 9.47 Å². The van der Waals surface area contributed by atoms with E-state index in [0.29, 0.717) is 33.4 Å². The van der Waals surface area contributed by atoms with Crippen molar-refractivity contribution < 1.29 is 9.47 Å². The minimum Gasteiger partial charge on any atom is -0.493 e. The third kappa shape index (κ3) is 4.77. The minimum absolute atomic E-state index is 0.176. The summed E-state index contributed by atoms with van der Waals surface area (Å²) in [6.07, 6.45) is 6.44. The molecule has 2 aromatic carbocycles. The first-order valence-electron chi connectivity index (χ1n) is 10.5. The number of fused-ring (bicyclic) bond motifs is 1. The van der Waals surface area contributed by atoms with Gasteiger partial charge in [-0.1, -0.05) is 73.9 Å². The highest BCUT2D eigenvalue weighted by Crippen LogP contribution is 2.28. The number of hydrogen-bond donors (Lipinski definition) is 0. The van der Waals surface area contributed by atoms with Crippen LogP contribution in [-0.4, -0.2) is 28.3 Å². The maximum absolute atomic E-state index is 12.8. The second kappa shape index (κ2) is 9.75. The van der Waals surface area contributed by atoms with Crippen LogP contribution in [0.5, 0.6) is 11.5 Å². The summed E-state index contributed by atoms with van der Waals surface area (Å²) in [4.78, 5) is 17.9. The molecule has 160 valence electrons. The first-order chi connectivity index (χ1) is 15.2. The minimum atomic E-state index is -0.176. The highest BCUT2D eigenvalue weighted by atomic mass is 32.1. The molecule has 4 aromatic rings. The molecular formula is C24H25N3O3S. The number of rotatable bonds is 9. The Balaban J connectivity index is 1.57. The van der Waals surface area contributed by atoms with Crippen LogP contribution in [0.1, 0.15) is 38.2 Å². The monoisotopic (exact) mass is 435 g/mol. The summed E-state index contributed by atoms with van der Waals surface area (Å²) in [5.41, 5.74) is 1.57. The third-order valence-electron chi connectivity index (χ3n) is 4.95. The van der Waals surface area contributed by atoms with Crippen LogP contribution >= 0.6 is 11.3 Å².